The number of aromatic nitrogens is 2. The number of benzene rings is 2. The van der Waals surface area contributed by atoms with E-state index >= 15 is 0 Å². The second-order valence-corrected chi connectivity index (χ2v) is 6.45. The number of hydrogen-bond donors (Lipinski definition) is 1. The molecular weight excluding hydrogens is 350 g/mol. The van der Waals surface area contributed by atoms with Gasteiger partial charge in [-0.05, 0) is 42.7 Å². The van der Waals surface area contributed by atoms with Crippen molar-refractivity contribution in [2.45, 2.75) is 20.4 Å². The number of halogens is 1. The Morgan fingerprint density at radius 3 is 2.54 bits per heavy atom. The monoisotopic (exact) mass is 369 g/mol. The van der Waals surface area contributed by atoms with Gasteiger partial charge in [-0.3, -0.25) is 4.79 Å². The quantitative estimate of drug-likeness (QED) is 0.707. The molecule has 1 amide bonds. The van der Waals surface area contributed by atoms with E-state index in [0.717, 1.165) is 16.7 Å². The van der Waals surface area contributed by atoms with Gasteiger partial charge in [0.25, 0.3) is 5.91 Å². The van der Waals surface area contributed by atoms with Crippen LogP contribution in [-0.4, -0.2) is 22.3 Å². The van der Waals surface area contributed by atoms with E-state index in [1.165, 1.54) is 0 Å². The fourth-order valence-electron chi connectivity index (χ4n) is 2.64. The van der Waals surface area contributed by atoms with E-state index in [1.807, 2.05) is 56.3 Å². The number of amides is 1. The lowest BCUT2D eigenvalue weighted by molar-refractivity contribution is -0.118. The van der Waals surface area contributed by atoms with Crippen molar-refractivity contribution >= 4 is 23.3 Å². The first-order chi connectivity index (χ1) is 12.5. The second kappa shape index (κ2) is 8.06. The van der Waals surface area contributed by atoms with Crippen LogP contribution in [0, 0.1) is 13.8 Å². The van der Waals surface area contributed by atoms with E-state index in [4.69, 9.17) is 16.3 Å². The lowest BCUT2D eigenvalue weighted by Gasteiger charge is -2.11. The predicted molar refractivity (Wildman–Crippen MR) is 103 cm³/mol. The van der Waals surface area contributed by atoms with Crippen molar-refractivity contribution in [2.75, 3.05) is 11.9 Å². The molecule has 26 heavy (non-hydrogen) atoms. The van der Waals surface area contributed by atoms with Crippen molar-refractivity contribution in [1.29, 1.82) is 0 Å². The Balaban J connectivity index is 1.60. The first-order valence-corrected chi connectivity index (χ1v) is 8.66. The molecule has 2 aromatic carbocycles. The molecule has 1 N–H and O–H groups in total. The molecule has 0 saturated heterocycles. The average molecular weight is 370 g/mol. The third-order valence-corrected chi connectivity index (χ3v) is 4.54. The Kier molecular flexibility index (Phi) is 5.58. The number of rotatable bonds is 6. The topological polar surface area (TPSA) is 56.1 Å². The highest BCUT2D eigenvalue weighted by Crippen LogP contribution is 2.25. The summed E-state index contributed by atoms with van der Waals surface area (Å²) < 4.78 is 7.33. The minimum absolute atomic E-state index is 0.0863. The van der Waals surface area contributed by atoms with E-state index in [9.17, 15) is 4.79 Å². The summed E-state index contributed by atoms with van der Waals surface area (Å²) in [5.41, 5.74) is 2.95. The van der Waals surface area contributed by atoms with Crippen LogP contribution in [0.25, 0.3) is 0 Å². The molecule has 0 saturated carbocycles. The molecule has 0 bridgehead atoms. The summed E-state index contributed by atoms with van der Waals surface area (Å²) in [6.07, 6.45) is 1.66. The molecule has 0 aliphatic rings. The van der Waals surface area contributed by atoms with E-state index in [0.29, 0.717) is 23.1 Å². The fraction of sp³-hybridized carbons (Fsp3) is 0.200. The lowest BCUT2D eigenvalue weighted by Crippen LogP contribution is -2.22. The minimum Gasteiger partial charge on any atom is -0.484 e. The zero-order chi connectivity index (χ0) is 18.5. The standard InChI is InChI=1S/C20H20ClN3O2/c1-14-10-17(11-15(2)20(14)21)26-13-19(25)23-18-8-9-22-24(18)12-16-6-4-3-5-7-16/h3-11H,12-13H2,1-2H3,(H,23,25). The van der Waals surface area contributed by atoms with Crippen LogP contribution < -0.4 is 10.1 Å². The molecule has 3 rings (SSSR count). The van der Waals surface area contributed by atoms with Gasteiger partial charge in [-0.1, -0.05) is 41.9 Å². The van der Waals surface area contributed by atoms with Crippen molar-refractivity contribution in [3.63, 3.8) is 0 Å². The van der Waals surface area contributed by atoms with Gasteiger partial charge < -0.3 is 10.1 Å². The van der Waals surface area contributed by atoms with Crippen LogP contribution in [-0.2, 0) is 11.3 Å². The summed E-state index contributed by atoms with van der Waals surface area (Å²) in [6.45, 7) is 4.31. The molecule has 0 aliphatic carbocycles. The molecule has 0 radical (unpaired) electrons. The van der Waals surface area contributed by atoms with Crippen LogP contribution in [0.1, 0.15) is 16.7 Å². The van der Waals surface area contributed by atoms with Gasteiger partial charge in [0.2, 0.25) is 0 Å². The van der Waals surface area contributed by atoms with Gasteiger partial charge >= 0.3 is 0 Å². The average Bonchev–Trinajstić information content (AvgIpc) is 3.05. The molecule has 134 valence electrons. The largest absolute Gasteiger partial charge is 0.484 e. The summed E-state index contributed by atoms with van der Waals surface area (Å²) in [6, 6.07) is 15.3. The molecule has 5 nitrogen and oxygen atoms in total. The van der Waals surface area contributed by atoms with Crippen LogP contribution in [0.15, 0.2) is 54.7 Å². The number of aryl methyl sites for hydroxylation is 2. The number of ether oxygens (including phenoxy) is 1. The SMILES string of the molecule is Cc1cc(OCC(=O)Nc2ccnn2Cc2ccccc2)cc(C)c1Cl. The van der Waals surface area contributed by atoms with Gasteiger partial charge in [0.15, 0.2) is 6.61 Å². The van der Waals surface area contributed by atoms with Crippen molar-refractivity contribution in [3.8, 4) is 5.75 Å². The van der Waals surface area contributed by atoms with E-state index in [-0.39, 0.29) is 12.5 Å². The molecule has 1 aromatic heterocycles. The highest BCUT2D eigenvalue weighted by Gasteiger charge is 2.10. The van der Waals surface area contributed by atoms with Gasteiger partial charge in [0, 0.05) is 11.1 Å². The molecule has 0 aliphatic heterocycles. The first kappa shape index (κ1) is 18.0. The number of nitrogens with one attached hydrogen (secondary N) is 1. The van der Waals surface area contributed by atoms with Crippen LogP contribution in [0.3, 0.4) is 0 Å². The molecule has 0 atom stereocenters. The van der Waals surface area contributed by atoms with Crippen molar-refractivity contribution in [3.05, 3.63) is 76.4 Å². The number of anilines is 1. The fourth-order valence-corrected chi connectivity index (χ4v) is 2.75. The maximum Gasteiger partial charge on any atom is 0.263 e. The van der Waals surface area contributed by atoms with Crippen molar-refractivity contribution < 1.29 is 9.53 Å². The Morgan fingerprint density at radius 2 is 1.85 bits per heavy atom. The maximum atomic E-state index is 12.2. The molecular formula is C20H20ClN3O2. The Morgan fingerprint density at radius 1 is 1.15 bits per heavy atom. The van der Waals surface area contributed by atoms with Crippen molar-refractivity contribution in [1.82, 2.24) is 9.78 Å². The summed E-state index contributed by atoms with van der Waals surface area (Å²) in [4.78, 5) is 12.2. The molecule has 0 spiro atoms. The number of nitrogens with zero attached hydrogens (tertiary/aromatic N) is 2. The maximum absolute atomic E-state index is 12.2. The Bertz CT molecular complexity index is 883. The summed E-state index contributed by atoms with van der Waals surface area (Å²) in [5.74, 6) is 1.01. The van der Waals surface area contributed by atoms with E-state index in [2.05, 4.69) is 10.4 Å². The lowest BCUT2D eigenvalue weighted by atomic mass is 10.1. The van der Waals surface area contributed by atoms with E-state index in [1.54, 1.807) is 16.9 Å². The van der Waals surface area contributed by atoms with Crippen LogP contribution in [0.2, 0.25) is 5.02 Å². The number of hydrogen-bond acceptors (Lipinski definition) is 3. The molecule has 1 heterocycles. The van der Waals surface area contributed by atoms with Gasteiger partial charge in [0.05, 0.1) is 12.7 Å². The van der Waals surface area contributed by atoms with Gasteiger partial charge in [0.1, 0.15) is 11.6 Å². The van der Waals surface area contributed by atoms with Crippen LogP contribution in [0.5, 0.6) is 5.75 Å². The van der Waals surface area contributed by atoms with E-state index < -0.39 is 0 Å². The highest BCUT2D eigenvalue weighted by molar-refractivity contribution is 6.32. The molecule has 0 unspecified atom stereocenters. The van der Waals surface area contributed by atoms with Crippen LogP contribution >= 0.6 is 11.6 Å². The molecule has 6 heteroatoms. The Labute approximate surface area is 157 Å². The first-order valence-electron chi connectivity index (χ1n) is 8.28. The third kappa shape index (κ3) is 4.43. The molecule has 0 fully saturated rings. The van der Waals surface area contributed by atoms with Gasteiger partial charge in [-0.2, -0.15) is 5.10 Å². The zero-order valence-electron chi connectivity index (χ0n) is 14.7. The number of carbonyl (C=O) groups excluding carboxylic acids is 1. The third-order valence-electron chi connectivity index (χ3n) is 3.94. The van der Waals surface area contributed by atoms with Crippen LogP contribution in [0.4, 0.5) is 5.82 Å². The summed E-state index contributed by atoms with van der Waals surface area (Å²) in [7, 11) is 0. The summed E-state index contributed by atoms with van der Waals surface area (Å²) >= 11 is 6.15. The normalized spacial score (nSPS) is 10.6. The Hall–Kier alpha value is -2.79. The summed E-state index contributed by atoms with van der Waals surface area (Å²) in [5, 5.41) is 7.81. The molecule has 3 aromatic rings. The van der Waals surface area contributed by atoms with Crippen molar-refractivity contribution in [2.24, 2.45) is 0 Å². The number of carbonyl (C=O) groups is 1. The van der Waals surface area contributed by atoms with Gasteiger partial charge in [-0.15, -0.1) is 0 Å². The predicted octanol–water partition coefficient (Wildman–Crippen LogP) is 4.22. The van der Waals surface area contributed by atoms with Gasteiger partial charge in [-0.25, -0.2) is 4.68 Å². The second-order valence-electron chi connectivity index (χ2n) is 6.07. The highest BCUT2D eigenvalue weighted by atomic mass is 35.5. The zero-order valence-corrected chi connectivity index (χ0v) is 15.5. The smallest absolute Gasteiger partial charge is 0.263 e. The minimum atomic E-state index is -0.245.